The van der Waals surface area contributed by atoms with E-state index in [1.54, 1.807) is 0 Å². The Morgan fingerprint density at radius 2 is 1.83 bits per heavy atom. The molecule has 0 aliphatic heterocycles. The molecule has 0 radical (unpaired) electrons. The van der Waals surface area contributed by atoms with Crippen LogP contribution in [-0.4, -0.2) is 22.6 Å². The highest BCUT2D eigenvalue weighted by molar-refractivity contribution is 7.99. The second-order valence-corrected chi connectivity index (χ2v) is 5.25. The first kappa shape index (κ1) is 13.0. The van der Waals surface area contributed by atoms with Gasteiger partial charge in [-0.25, -0.2) is 0 Å². The topological polar surface area (TPSA) is 54.4 Å². The van der Waals surface area contributed by atoms with Crippen LogP contribution < -0.4 is 0 Å². The molecule has 0 atom stereocenters. The Bertz CT molecular complexity index is 477. The molecule has 0 aromatic heterocycles. The van der Waals surface area contributed by atoms with Gasteiger partial charge in [-0.05, 0) is 17.7 Å². The second kappa shape index (κ2) is 4.68. The first-order valence-corrected chi connectivity index (χ1v) is 6.12. The van der Waals surface area contributed by atoms with Crippen molar-refractivity contribution in [2.75, 3.05) is 0 Å². The van der Waals surface area contributed by atoms with Crippen molar-refractivity contribution >= 4 is 23.5 Å². The molecule has 18 heavy (non-hydrogen) atoms. The van der Waals surface area contributed by atoms with Crippen molar-refractivity contribution in [2.24, 2.45) is 0 Å². The van der Waals surface area contributed by atoms with Crippen LogP contribution in [0.25, 0.3) is 0 Å². The number of carbonyl (C=O) groups is 2. The summed E-state index contributed by atoms with van der Waals surface area (Å²) in [6.07, 6.45) is -0.0483. The summed E-state index contributed by atoms with van der Waals surface area (Å²) in [6, 6.07) is 5.93. The maximum Gasteiger partial charge on any atom is 0.315 e. The summed E-state index contributed by atoms with van der Waals surface area (Å²) < 4.78 is 24.3. The van der Waals surface area contributed by atoms with Crippen LogP contribution in [-0.2, 0) is 15.0 Å². The second-order valence-electron chi connectivity index (χ2n) is 4.18. The minimum atomic E-state index is -2.51. The van der Waals surface area contributed by atoms with Crippen molar-refractivity contribution in [3.8, 4) is 0 Å². The number of alkyl halides is 2. The molecule has 1 saturated carbocycles. The number of aliphatic carboxylic acids is 1. The molecule has 0 heterocycles. The van der Waals surface area contributed by atoms with Gasteiger partial charge in [0, 0.05) is 17.7 Å². The summed E-state index contributed by atoms with van der Waals surface area (Å²) in [5.74, 6) is -3.64. The van der Waals surface area contributed by atoms with Crippen molar-refractivity contribution in [1.29, 1.82) is 0 Å². The lowest BCUT2D eigenvalue weighted by Gasteiger charge is -2.36. The van der Waals surface area contributed by atoms with Crippen molar-refractivity contribution in [3.63, 3.8) is 0 Å². The number of carboxylic acid groups (broad SMARTS) is 1. The molecular weight excluding hydrogens is 262 g/mol. The molecule has 1 aromatic carbocycles. The van der Waals surface area contributed by atoms with Gasteiger partial charge >= 0.3 is 5.97 Å². The third-order valence-electron chi connectivity index (χ3n) is 3.04. The first-order valence-electron chi connectivity index (χ1n) is 5.24. The minimum Gasteiger partial charge on any atom is -0.481 e. The average molecular weight is 272 g/mol. The molecule has 0 amide bonds. The number of carbonyl (C=O) groups excluding carboxylic acids is 1. The predicted molar refractivity (Wildman–Crippen MR) is 61.9 cm³/mol. The molecule has 2 rings (SSSR count). The SMILES string of the molecule is O=C1CC(C(=O)O)(c2ccc(SC(F)F)cc2)C1. The summed E-state index contributed by atoms with van der Waals surface area (Å²) in [7, 11) is 0. The van der Waals surface area contributed by atoms with E-state index in [-0.39, 0.29) is 18.6 Å². The largest absolute Gasteiger partial charge is 0.481 e. The first-order chi connectivity index (χ1) is 8.44. The molecule has 0 bridgehead atoms. The zero-order valence-corrected chi connectivity index (χ0v) is 10.0. The third kappa shape index (κ3) is 2.25. The van der Waals surface area contributed by atoms with E-state index in [0.717, 1.165) is 0 Å². The van der Waals surface area contributed by atoms with Gasteiger partial charge in [0.05, 0.1) is 0 Å². The number of benzene rings is 1. The van der Waals surface area contributed by atoms with Crippen LogP contribution in [0.1, 0.15) is 18.4 Å². The lowest BCUT2D eigenvalue weighted by Crippen LogP contribution is -2.48. The minimum absolute atomic E-state index is 0.0241. The van der Waals surface area contributed by atoms with Gasteiger partial charge in [0.1, 0.15) is 11.2 Å². The van der Waals surface area contributed by atoms with Crippen LogP contribution >= 0.6 is 11.8 Å². The van der Waals surface area contributed by atoms with E-state index in [9.17, 15) is 23.5 Å². The summed E-state index contributed by atoms with van der Waals surface area (Å²) >= 11 is 0.405. The maximum atomic E-state index is 12.1. The highest BCUT2D eigenvalue weighted by Gasteiger charge is 2.51. The Morgan fingerprint density at radius 1 is 1.28 bits per heavy atom. The lowest BCUT2D eigenvalue weighted by atomic mass is 9.64. The Labute approximate surface area is 106 Å². The Balaban J connectivity index is 2.23. The number of hydrogen-bond donors (Lipinski definition) is 1. The normalized spacial score (nSPS) is 17.6. The number of ketones is 1. The third-order valence-corrected chi connectivity index (χ3v) is 3.76. The molecule has 3 nitrogen and oxygen atoms in total. The standard InChI is InChI=1S/C12H10F2O3S/c13-11(14)18-9-3-1-7(2-4-9)12(10(16)17)5-8(15)6-12/h1-4,11H,5-6H2,(H,16,17). The molecule has 1 N–H and O–H groups in total. The van der Waals surface area contributed by atoms with Crippen LogP contribution in [0.3, 0.4) is 0 Å². The number of rotatable bonds is 4. The van der Waals surface area contributed by atoms with E-state index in [1.807, 2.05) is 0 Å². The van der Waals surface area contributed by atoms with Crippen molar-refractivity contribution in [1.82, 2.24) is 0 Å². The van der Waals surface area contributed by atoms with Crippen LogP contribution in [0.5, 0.6) is 0 Å². The fourth-order valence-corrected chi connectivity index (χ4v) is 2.55. The molecule has 1 fully saturated rings. The zero-order valence-electron chi connectivity index (χ0n) is 9.23. The van der Waals surface area contributed by atoms with Gasteiger partial charge in [0.15, 0.2) is 0 Å². The van der Waals surface area contributed by atoms with Crippen molar-refractivity contribution < 1.29 is 23.5 Å². The fraction of sp³-hybridized carbons (Fsp3) is 0.333. The Morgan fingerprint density at radius 3 is 2.22 bits per heavy atom. The average Bonchev–Trinajstić information content (AvgIpc) is 2.24. The van der Waals surface area contributed by atoms with E-state index >= 15 is 0 Å². The van der Waals surface area contributed by atoms with Crippen LogP contribution in [0.4, 0.5) is 8.78 Å². The summed E-state index contributed by atoms with van der Waals surface area (Å²) in [5, 5.41) is 9.19. The van der Waals surface area contributed by atoms with E-state index in [4.69, 9.17) is 0 Å². The Kier molecular flexibility index (Phi) is 3.38. The number of Topliss-reactive ketones (excluding diaryl/α,β-unsaturated/α-hetero) is 1. The van der Waals surface area contributed by atoms with E-state index in [2.05, 4.69) is 0 Å². The molecule has 96 valence electrons. The van der Waals surface area contributed by atoms with Gasteiger partial charge in [-0.3, -0.25) is 9.59 Å². The molecule has 0 saturated heterocycles. The number of halogens is 2. The molecule has 1 aliphatic carbocycles. The lowest BCUT2D eigenvalue weighted by molar-refractivity contribution is -0.153. The van der Waals surface area contributed by atoms with Gasteiger partial charge in [0.2, 0.25) is 0 Å². The molecular formula is C12H10F2O3S. The van der Waals surface area contributed by atoms with Crippen LogP contribution in [0.15, 0.2) is 29.2 Å². The van der Waals surface area contributed by atoms with Crippen LogP contribution in [0, 0.1) is 0 Å². The summed E-state index contributed by atoms with van der Waals surface area (Å²) in [6.45, 7) is 0. The highest BCUT2D eigenvalue weighted by atomic mass is 32.2. The molecule has 6 heteroatoms. The van der Waals surface area contributed by atoms with Gasteiger partial charge in [-0.15, -0.1) is 0 Å². The van der Waals surface area contributed by atoms with Crippen molar-refractivity contribution in [3.05, 3.63) is 29.8 Å². The molecule has 0 unspecified atom stereocenters. The monoisotopic (exact) mass is 272 g/mol. The van der Waals surface area contributed by atoms with E-state index in [0.29, 0.717) is 22.2 Å². The number of hydrogen-bond acceptors (Lipinski definition) is 3. The number of thioether (sulfide) groups is 1. The zero-order chi connectivity index (χ0) is 13.3. The Hall–Kier alpha value is -1.43. The fourth-order valence-electron chi connectivity index (χ4n) is 2.06. The summed E-state index contributed by atoms with van der Waals surface area (Å²) in [5.41, 5.74) is -0.668. The highest BCUT2D eigenvalue weighted by Crippen LogP contribution is 2.42. The van der Waals surface area contributed by atoms with Crippen molar-refractivity contribution in [2.45, 2.75) is 28.9 Å². The smallest absolute Gasteiger partial charge is 0.315 e. The maximum absolute atomic E-state index is 12.1. The molecule has 1 aliphatic rings. The number of carboxylic acids is 1. The molecule has 0 spiro atoms. The van der Waals surface area contributed by atoms with Crippen LogP contribution in [0.2, 0.25) is 0 Å². The molecule has 1 aromatic rings. The quantitative estimate of drug-likeness (QED) is 0.856. The van der Waals surface area contributed by atoms with Gasteiger partial charge in [0.25, 0.3) is 5.76 Å². The van der Waals surface area contributed by atoms with Gasteiger partial charge in [-0.2, -0.15) is 8.78 Å². The predicted octanol–water partition coefficient (Wildman–Crippen LogP) is 2.69. The van der Waals surface area contributed by atoms with Gasteiger partial charge < -0.3 is 5.11 Å². The van der Waals surface area contributed by atoms with Gasteiger partial charge in [-0.1, -0.05) is 23.9 Å². The van der Waals surface area contributed by atoms with E-state index < -0.39 is 17.1 Å². The van der Waals surface area contributed by atoms with E-state index in [1.165, 1.54) is 24.3 Å². The summed E-state index contributed by atoms with van der Waals surface area (Å²) in [4.78, 5) is 22.6.